The van der Waals surface area contributed by atoms with Crippen molar-refractivity contribution in [3.8, 4) is 11.5 Å². The normalized spacial score (nSPS) is 12.0. The van der Waals surface area contributed by atoms with Crippen LogP contribution in [-0.4, -0.2) is 14.2 Å². The van der Waals surface area contributed by atoms with Crippen LogP contribution in [0, 0.1) is 6.92 Å². The van der Waals surface area contributed by atoms with Crippen LogP contribution in [-0.2, 0) is 6.42 Å². The van der Waals surface area contributed by atoms with Gasteiger partial charge in [-0.05, 0) is 54.3 Å². The molecule has 2 nitrogen and oxygen atoms in total. The first-order valence-electron chi connectivity index (χ1n) is 6.55. The van der Waals surface area contributed by atoms with Crippen molar-refractivity contribution >= 4 is 11.6 Å². The van der Waals surface area contributed by atoms with Crippen molar-refractivity contribution in [1.82, 2.24) is 0 Å². The SMILES string of the molecule is COc1cccc(CC(Cl)c2ccc(OC)cc2C)c1. The van der Waals surface area contributed by atoms with Gasteiger partial charge in [0.15, 0.2) is 0 Å². The van der Waals surface area contributed by atoms with Crippen LogP contribution in [0.2, 0.25) is 0 Å². The summed E-state index contributed by atoms with van der Waals surface area (Å²) in [4.78, 5) is 0. The Morgan fingerprint density at radius 2 is 1.70 bits per heavy atom. The van der Waals surface area contributed by atoms with Crippen LogP contribution < -0.4 is 9.47 Å². The Bertz CT molecular complexity index is 581. The highest BCUT2D eigenvalue weighted by molar-refractivity contribution is 6.21. The van der Waals surface area contributed by atoms with E-state index in [1.165, 1.54) is 5.56 Å². The van der Waals surface area contributed by atoms with Crippen molar-refractivity contribution in [2.45, 2.75) is 18.7 Å². The molecule has 2 rings (SSSR count). The highest BCUT2D eigenvalue weighted by Gasteiger charge is 2.12. The molecule has 0 radical (unpaired) electrons. The largest absolute Gasteiger partial charge is 0.497 e. The summed E-state index contributed by atoms with van der Waals surface area (Å²) in [7, 11) is 3.34. The molecular weight excluding hydrogens is 272 g/mol. The van der Waals surface area contributed by atoms with E-state index in [0.29, 0.717) is 0 Å². The topological polar surface area (TPSA) is 18.5 Å². The van der Waals surface area contributed by atoms with Gasteiger partial charge in [-0.15, -0.1) is 11.6 Å². The summed E-state index contributed by atoms with van der Waals surface area (Å²) in [5.41, 5.74) is 3.45. The molecule has 2 aromatic carbocycles. The predicted octanol–water partition coefficient (Wildman–Crippen LogP) is 4.53. The molecule has 2 aromatic rings. The molecule has 3 heteroatoms. The maximum Gasteiger partial charge on any atom is 0.119 e. The molecule has 0 saturated carbocycles. The van der Waals surface area contributed by atoms with Crippen LogP contribution in [0.3, 0.4) is 0 Å². The third kappa shape index (κ3) is 3.45. The maximum absolute atomic E-state index is 6.56. The summed E-state index contributed by atoms with van der Waals surface area (Å²) in [5, 5.41) is -0.0620. The molecule has 0 aliphatic carbocycles. The summed E-state index contributed by atoms with van der Waals surface area (Å²) in [6.45, 7) is 2.05. The van der Waals surface area contributed by atoms with Crippen LogP contribution >= 0.6 is 11.6 Å². The highest BCUT2D eigenvalue weighted by atomic mass is 35.5. The van der Waals surface area contributed by atoms with Gasteiger partial charge in [0, 0.05) is 0 Å². The Hall–Kier alpha value is -1.67. The van der Waals surface area contributed by atoms with E-state index in [4.69, 9.17) is 21.1 Å². The second-order valence-electron chi connectivity index (χ2n) is 4.75. The van der Waals surface area contributed by atoms with Crippen LogP contribution in [0.15, 0.2) is 42.5 Å². The highest BCUT2D eigenvalue weighted by Crippen LogP contribution is 2.30. The van der Waals surface area contributed by atoms with E-state index in [-0.39, 0.29) is 5.38 Å². The third-order valence-electron chi connectivity index (χ3n) is 3.36. The van der Waals surface area contributed by atoms with Crippen molar-refractivity contribution in [1.29, 1.82) is 0 Å². The van der Waals surface area contributed by atoms with Crippen molar-refractivity contribution in [3.05, 3.63) is 59.2 Å². The molecule has 0 aliphatic rings. The average molecular weight is 291 g/mol. The van der Waals surface area contributed by atoms with E-state index in [9.17, 15) is 0 Å². The summed E-state index contributed by atoms with van der Waals surface area (Å²) >= 11 is 6.56. The number of halogens is 1. The lowest BCUT2D eigenvalue weighted by molar-refractivity contribution is 0.414. The number of benzene rings is 2. The zero-order valence-corrected chi connectivity index (χ0v) is 12.8. The van der Waals surface area contributed by atoms with Gasteiger partial charge in [-0.3, -0.25) is 0 Å². The predicted molar refractivity (Wildman–Crippen MR) is 83.0 cm³/mol. The van der Waals surface area contributed by atoms with Gasteiger partial charge in [-0.1, -0.05) is 18.2 Å². The minimum absolute atomic E-state index is 0.0620. The van der Waals surface area contributed by atoms with Crippen molar-refractivity contribution < 1.29 is 9.47 Å². The standard InChI is InChI=1S/C17H19ClO2/c1-12-9-15(20-3)7-8-16(12)17(18)11-13-5-4-6-14(10-13)19-2/h4-10,17H,11H2,1-3H3. The Morgan fingerprint density at radius 1 is 1.00 bits per heavy atom. The second-order valence-corrected chi connectivity index (χ2v) is 5.27. The number of aryl methyl sites for hydroxylation is 1. The molecule has 0 spiro atoms. The number of hydrogen-bond acceptors (Lipinski definition) is 2. The molecule has 0 N–H and O–H groups in total. The third-order valence-corrected chi connectivity index (χ3v) is 3.75. The van der Waals surface area contributed by atoms with Gasteiger partial charge in [0.05, 0.1) is 19.6 Å². The molecule has 1 atom stereocenters. The first kappa shape index (κ1) is 14.7. The van der Waals surface area contributed by atoms with E-state index in [1.54, 1.807) is 14.2 Å². The fraction of sp³-hybridized carbons (Fsp3) is 0.294. The van der Waals surface area contributed by atoms with Gasteiger partial charge >= 0.3 is 0 Å². The van der Waals surface area contributed by atoms with Gasteiger partial charge in [-0.2, -0.15) is 0 Å². The number of methoxy groups -OCH3 is 2. The summed E-state index contributed by atoms with van der Waals surface area (Å²) in [6.07, 6.45) is 0.770. The molecule has 0 heterocycles. The van der Waals surface area contributed by atoms with E-state index >= 15 is 0 Å². The number of hydrogen-bond donors (Lipinski definition) is 0. The Labute approximate surface area is 125 Å². The van der Waals surface area contributed by atoms with E-state index in [1.807, 2.05) is 36.4 Å². The monoisotopic (exact) mass is 290 g/mol. The van der Waals surface area contributed by atoms with Crippen LogP contribution in [0.1, 0.15) is 22.1 Å². The van der Waals surface area contributed by atoms with Crippen molar-refractivity contribution in [2.75, 3.05) is 14.2 Å². The van der Waals surface area contributed by atoms with Gasteiger partial charge < -0.3 is 9.47 Å². The lowest BCUT2D eigenvalue weighted by Gasteiger charge is -2.14. The number of ether oxygens (including phenoxy) is 2. The first-order valence-corrected chi connectivity index (χ1v) is 6.99. The van der Waals surface area contributed by atoms with E-state index < -0.39 is 0 Å². The fourth-order valence-corrected chi connectivity index (χ4v) is 2.67. The molecule has 20 heavy (non-hydrogen) atoms. The van der Waals surface area contributed by atoms with Crippen molar-refractivity contribution in [2.24, 2.45) is 0 Å². The zero-order chi connectivity index (χ0) is 14.5. The molecule has 0 aliphatic heterocycles. The fourth-order valence-electron chi connectivity index (χ4n) is 2.24. The van der Waals surface area contributed by atoms with E-state index in [0.717, 1.165) is 29.0 Å². The van der Waals surface area contributed by atoms with Gasteiger partial charge in [0.1, 0.15) is 11.5 Å². The minimum Gasteiger partial charge on any atom is -0.497 e. The van der Waals surface area contributed by atoms with Crippen LogP contribution in [0.5, 0.6) is 11.5 Å². The van der Waals surface area contributed by atoms with E-state index in [2.05, 4.69) is 13.0 Å². The molecule has 0 aromatic heterocycles. The molecule has 0 amide bonds. The lowest BCUT2D eigenvalue weighted by atomic mass is 9.99. The van der Waals surface area contributed by atoms with Crippen LogP contribution in [0.4, 0.5) is 0 Å². The molecule has 1 unspecified atom stereocenters. The van der Waals surface area contributed by atoms with Gasteiger partial charge in [-0.25, -0.2) is 0 Å². The maximum atomic E-state index is 6.56. The molecule has 106 valence electrons. The minimum atomic E-state index is -0.0620. The number of rotatable bonds is 5. The summed E-state index contributed by atoms with van der Waals surface area (Å²) in [5.74, 6) is 1.72. The lowest BCUT2D eigenvalue weighted by Crippen LogP contribution is -1.99. The van der Waals surface area contributed by atoms with Gasteiger partial charge in [0.25, 0.3) is 0 Å². The summed E-state index contributed by atoms with van der Waals surface area (Å²) in [6, 6.07) is 14.0. The molecule has 0 bridgehead atoms. The molecular formula is C17H19ClO2. The second kappa shape index (κ2) is 6.67. The van der Waals surface area contributed by atoms with Gasteiger partial charge in [0.2, 0.25) is 0 Å². The number of alkyl halides is 1. The smallest absolute Gasteiger partial charge is 0.119 e. The quantitative estimate of drug-likeness (QED) is 0.753. The Balaban J connectivity index is 2.16. The average Bonchev–Trinajstić information content (AvgIpc) is 2.47. The first-order chi connectivity index (χ1) is 9.63. The zero-order valence-electron chi connectivity index (χ0n) is 12.0. The summed E-state index contributed by atoms with van der Waals surface area (Å²) < 4.78 is 10.5. The van der Waals surface area contributed by atoms with Crippen molar-refractivity contribution in [3.63, 3.8) is 0 Å². The Morgan fingerprint density at radius 3 is 2.35 bits per heavy atom. The van der Waals surface area contributed by atoms with Crippen LogP contribution in [0.25, 0.3) is 0 Å². The Kier molecular flexibility index (Phi) is 4.91. The molecule has 0 fully saturated rings. The molecule has 0 saturated heterocycles.